The van der Waals surface area contributed by atoms with Crippen LogP contribution in [-0.2, 0) is 9.53 Å². The Bertz CT molecular complexity index is 343. The molecule has 0 aromatic carbocycles. The highest BCUT2D eigenvalue weighted by Crippen LogP contribution is 2.38. The minimum absolute atomic E-state index is 0.281. The summed E-state index contributed by atoms with van der Waals surface area (Å²) in [6.45, 7) is 1.94. The van der Waals surface area contributed by atoms with Crippen LogP contribution in [0.15, 0.2) is 19.2 Å². The van der Waals surface area contributed by atoms with Crippen molar-refractivity contribution >= 4 is 53.8 Å². The molecule has 1 rings (SSSR count). The van der Waals surface area contributed by atoms with E-state index in [0.29, 0.717) is 20.1 Å². The van der Waals surface area contributed by atoms with Gasteiger partial charge < -0.3 is 9.84 Å². The summed E-state index contributed by atoms with van der Waals surface area (Å²) in [6, 6.07) is 0. The fraction of sp³-hybridized carbons (Fsp3) is 0.444. The van der Waals surface area contributed by atoms with Gasteiger partial charge in [-0.3, -0.25) is 0 Å². The second kappa shape index (κ2) is 5.61. The van der Waals surface area contributed by atoms with Gasteiger partial charge in [-0.15, -0.1) is 0 Å². The molecule has 6 heteroatoms. The molecule has 1 aliphatic rings. The fourth-order valence-electron chi connectivity index (χ4n) is 1.23. The van der Waals surface area contributed by atoms with Gasteiger partial charge in [0, 0.05) is 0 Å². The Morgan fingerprint density at radius 1 is 1.53 bits per heavy atom. The van der Waals surface area contributed by atoms with Crippen molar-refractivity contribution in [2.75, 3.05) is 0 Å². The van der Waals surface area contributed by atoms with Gasteiger partial charge in [-0.1, -0.05) is 13.3 Å². The van der Waals surface area contributed by atoms with Gasteiger partial charge in [0.15, 0.2) is 5.76 Å². The highest BCUT2D eigenvalue weighted by molar-refractivity contribution is 9.28. The Hall–Kier alpha value is 0.350. The monoisotopic (exact) mass is 402 g/mol. The first-order chi connectivity index (χ1) is 6.99. The largest absolute Gasteiger partial charge is 0.420 e. The fourth-order valence-corrected chi connectivity index (χ4v) is 3.02. The van der Waals surface area contributed by atoms with Crippen molar-refractivity contribution in [3.8, 4) is 0 Å². The van der Waals surface area contributed by atoms with Crippen LogP contribution in [-0.4, -0.2) is 17.2 Å². The van der Waals surface area contributed by atoms with Crippen LogP contribution < -0.4 is 0 Å². The standard InChI is InChI=1S/C9H9Br3O3/c1-2-3-4(13)5-6(10)7(8(11)12)15-9(5)14/h4,13H,2-3H2,1H3/t4-/m1/s1. The van der Waals surface area contributed by atoms with E-state index in [1.54, 1.807) is 0 Å². The van der Waals surface area contributed by atoms with E-state index in [2.05, 4.69) is 47.8 Å². The van der Waals surface area contributed by atoms with E-state index in [-0.39, 0.29) is 5.57 Å². The van der Waals surface area contributed by atoms with E-state index >= 15 is 0 Å². The highest BCUT2D eigenvalue weighted by atomic mass is 79.9. The molecule has 0 saturated carbocycles. The Labute approximate surface area is 113 Å². The van der Waals surface area contributed by atoms with Gasteiger partial charge in [0.2, 0.25) is 0 Å². The average molecular weight is 405 g/mol. The molecule has 1 aliphatic heterocycles. The summed E-state index contributed by atoms with van der Waals surface area (Å²) in [5.41, 5.74) is 0.281. The van der Waals surface area contributed by atoms with Crippen LogP contribution >= 0.6 is 47.8 Å². The third kappa shape index (κ3) is 2.93. The number of allylic oxidation sites excluding steroid dienone is 1. The van der Waals surface area contributed by atoms with Crippen LogP contribution in [0.25, 0.3) is 0 Å². The predicted octanol–water partition coefficient (Wildman–Crippen LogP) is 3.31. The molecule has 84 valence electrons. The first kappa shape index (κ1) is 13.4. The van der Waals surface area contributed by atoms with E-state index in [1.807, 2.05) is 6.92 Å². The Morgan fingerprint density at radius 2 is 2.13 bits per heavy atom. The number of hydrogen-bond acceptors (Lipinski definition) is 3. The van der Waals surface area contributed by atoms with Gasteiger partial charge in [-0.2, -0.15) is 0 Å². The van der Waals surface area contributed by atoms with Crippen LogP contribution in [0.1, 0.15) is 19.8 Å². The lowest BCUT2D eigenvalue weighted by Gasteiger charge is -2.07. The lowest BCUT2D eigenvalue weighted by atomic mass is 10.1. The molecular formula is C9H9Br3O3. The van der Waals surface area contributed by atoms with Crippen molar-refractivity contribution in [1.82, 2.24) is 0 Å². The number of aliphatic hydroxyl groups is 1. The molecule has 0 unspecified atom stereocenters. The molecule has 0 aliphatic carbocycles. The van der Waals surface area contributed by atoms with E-state index in [9.17, 15) is 9.90 Å². The van der Waals surface area contributed by atoms with Crippen molar-refractivity contribution < 1.29 is 14.6 Å². The third-order valence-electron chi connectivity index (χ3n) is 1.92. The molecule has 0 spiro atoms. The lowest BCUT2D eigenvalue weighted by Crippen LogP contribution is -2.15. The van der Waals surface area contributed by atoms with Crippen molar-refractivity contribution in [3.05, 3.63) is 19.2 Å². The number of carbonyl (C=O) groups is 1. The number of halogens is 3. The number of esters is 1. The zero-order valence-corrected chi connectivity index (χ0v) is 12.6. The summed E-state index contributed by atoms with van der Waals surface area (Å²) >= 11 is 9.55. The van der Waals surface area contributed by atoms with Crippen molar-refractivity contribution in [1.29, 1.82) is 0 Å². The third-order valence-corrected chi connectivity index (χ3v) is 3.43. The van der Waals surface area contributed by atoms with E-state index in [1.165, 1.54) is 0 Å². The van der Waals surface area contributed by atoms with Crippen LogP contribution in [0.5, 0.6) is 0 Å². The summed E-state index contributed by atoms with van der Waals surface area (Å²) in [5.74, 6) is -0.139. The molecule has 1 heterocycles. The van der Waals surface area contributed by atoms with Crippen LogP contribution in [0.2, 0.25) is 0 Å². The van der Waals surface area contributed by atoms with Crippen molar-refractivity contribution in [2.45, 2.75) is 25.9 Å². The predicted molar refractivity (Wildman–Crippen MR) is 67.8 cm³/mol. The maximum atomic E-state index is 11.5. The smallest absolute Gasteiger partial charge is 0.343 e. The molecule has 1 N–H and O–H groups in total. The molecule has 0 fully saturated rings. The second-order valence-electron chi connectivity index (χ2n) is 3.01. The van der Waals surface area contributed by atoms with Gasteiger partial charge in [-0.25, -0.2) is 4.79 Å². The van der Waals surface area contributed by atoms with Gasteiger partial charge in [0.05, 0.1) is 16.2 Å². The summed E-state index contributed by atoms with van der Waals surface area (Å²) in [4.78, 5) is 11.5. The van der Waals surface area contributed by atoms with Gasteiger partial charge in [0.25, 0.3) is 0 Å². The first-order valence-corrected chi connectivity index (χ1v) is 6.72. The molecule has 0 radical (unpaired) electrons. The molecule has 0 aromatic rings. The van der Waals surface area contributed by atoms with E-state index in [0.717, 1.165) is 6.42 Å². The van der Waals surface area contributed by atoms with Crippen LogP contribution in [0, 0.1) is 0 Å². The van der Waals surface area contributed by atoms with Crippen LogP contribution in [0.3, 0.4) is 0 Å². The van der Waals surface area contributed by atoms with Crippen molar-refractivity contribution in [3.63, 3.8) is 0 Å². The van der Waals surface area contributed by atoms with E-state index in [4.69, 9.17) is 4.74 Å². The normalized spacial score (nSPS) is 18.2. The quantitative estimate of drug-likeness (QED) is 0.734. The average Bonchev–Trinajstić information content (AvgIpc) is 2.42. The minimum atomic E-state index is -0.784. The zero-order chi connectivity index (χ0) is 11.6. The number of cyclic esters (lactones) is 1. The molecule has 1 atom stereocenters. The summed E-state index contributed by atoms with van der Waals surface area (Å²) in [7, 11) is 0. The molecule has 3 nitrogen and oxygen atoms in total. The topological polar surface area (TPSA) is 46.5 Å². The Balaban J connectivity index is 3.05. The molecule has 0 aromatic heterocycles. The first-order valence-electron chi connectivity index (χ1n) is 4.34. The minimum Gasteiger partial charge on any atom is -0.420 e. The SMILES string of the molecule is CCC[C@@H](O)C1=C(Br)C(=C(Br)Br)OC1=O. The summed E-state index contributed by atoms with van der Waals surface area (Å²) in [6.07, 6.45) is 0.549. The number of aliphatic hydroxyl groups excluding tert-OH is 1. The Kier molecular flexibility index (Phi) is 5.02. The highest BCUT2D eigenvalue weighted by Gasteiger charge is 2.34. The van der Waals surface area contributed by atoms with Crippen LogP contribution in [0.4, 0.5) is 0 Å². The molecular weight excluding hydrogens is 396 g/mol. The van der Waals surface area contributed by atoms with E-state index < -0.39 is 12.1 Å². The molecule has 0 bridgehead atoms. The number of carbonyl (C=O) groups excluding carboxylic acids is 1. The molecule has 0 amide bonds. The summed E-state index contributed by atoms with van der Waals surface area (Å²) in [5, 5.41) is 9.75. The number of ether oxygens (including phenoxy) is 1. The maximum absolute atomic E-state index is 11.5. The lowest BCUT2D eigenvalue weighted by molar-refractivity contribution is -0.134. The number of rotatable bonds is 3. The maximum Gasteiger partial charge on any atom is 0.343 e. The number of hydrogen-bond donors (Lipinski definition) is 1. The summed E-state index contributed by atoms with van der Waals surface area (Å²) < 4.78 is 6.01. The molecule has 0 saturated heterocycles. The second-order valence-corrected chi connectivity index (χ2v) is 6.45. The zero-order valence-electron chi connectivity index (χ0n) is 7.89. The van der Waals surface area contributed by atoms with Gasteiger partial charge in [-0.05, 0) is 54.2 Å². The molecule has 15 heavy (non-hydrogen) atoms. The van der Waals surface area contributed by atoms with Gasteiger partial charge in [0.1, 0.15) is 3.39 Å². The van der Waals surface area contributed by atoms with Crippen molar-refractivity contribution in [2.24, 2.45) is 0 Å². The Morgan fingerprint density at radius 3 is 2.53 bits per heavy atom. The van der Waals surface area contributed by atoms with Gasteiger partial charge >= 0.3 is 5.97 Å².